The lowest BCUT2D eigenvalue weighted by Gasteiger charge is -2.16. The third kappa shape index (κ3) is 5.19. The van der Waals surface area contributed by atoms with Crippen molar-refractivity contribution in [1.82, 2.24) is 0 Å². The molecule has 5 heteroatoms. The van der Waals surface area contributed by atoms with Crippen LogP contribution < -0.4 is 10.1 Å². The highest BCUT2D eigenvalue weighted by Gasteiger charge is 2.16. The van der Waals surface area contributed by atoms with Crippen molar-refractivity contribution >= 4 is 11.7 Å². The van der Waals surface area contributed by atoms with Crippen LogP contribution in [0.15, 0.2) is 24.3 Å². The number of hydrogen-bond donors (Lipinski definition) is 1. The predicted octanol–water partition coefficient (Wildman–Crippen LogP) is 2.73. The fraction of sp³-hybridized carbons (Fsp3) is 0.467. The quantitative estimate of drug-likeness (QED) is 0.584. The summed E-state index contributed by atoms with van der Waals surface area (Å²) in [5.74, 6) is 0.431. The van der Waals surface area contributed by atoms with Crippen molar-refractivity contribution in [1.29, 1.82) is 5.26 Å². The van der Waals surface area contributed by atoms with Gasteiger partial charge in [0, 0.05) is 18.2 Å². The molecule has 0 aliphatic carbocycles. The molecule has 0 spiro atoms. The Kier molecular flexibility index (Phi) is 6.97. The Morgan fingerprint density at radius 3 is 2.95 bits per heavy atom. The number of hydrogen-bond acceptors (Lipinski definition) is 5. The van der Waals surface area contributed by atoms with Crippen LogP contribution in [0.4, 0.5) is 5.69 Å². The second-order valence-electron chi connectivity index (χ2n) is 4.27. The van der Waals surface area contributed by atoms with Crippen LogP contribution in [0.3, 0.4) is 0 Å². The first-order chi connectivity index (χ1) is 9.71. The number of anilines is 1. The lowest BCUT2D eigenvalue weighted by molar-refractivity contribution is -0.141. The van der Waals surface area contributed by atoms with Crippen LogP contribution >= 0.6 is 0 Å². The molecule has 0 bridgehead atoms. The number of carbonyl (C=O) groups is 1. The molecule has 0 amide bonds. The van der Waals surface area contributed by atoms with Crippen molar-refractivity contribution in [2.75, 3.05) is 19.0 Å². The zero-order chi connectivity index (χ0) is 14.8. The molecular weight excluding hydrogens is 256 g/mol. The zero-order valence-electron chi connectivity index (χ0n) is 11.9. The van der Waals surface area contributed by atoms with Crippen LogP contribution in [0.1, 0.15) is 26.2 Å². The van der Waals surface area contributed by atoms with E-state index in [9.17, 15) is 4.79 Å². The fourth-order valence-corrected chi connectivity index (χ4v) is 1.69. The molecule has 1 aromatic rings. The lowest BCUT2D eigenvalue weighted by atomic mass is 10.2. The first kappa shape index (κ1) is 15.8. The molecule has 0 aliphatic heterocycles. The molecular formula is C15H20N2O3. The average molecular weight is 276 g/mol. The molecule has 0 radical (unpaired) electrons. The summed E-state index contributed by atoms with van der Waals surface area (Å²) < 4.78 is 10.3. The average Bonchev–Trinajstić information content (AvgIpc) is 2.49. The number of nitriles is 1. The summed E-state index contributed by atoms with van der Waals surface area (Å²) in [4.78, 5) is 11.5. The second kappa shape index (κ2) is 8.81. The molecule has 1 unspecified atom stereocenters. The maximum absolute atomic E-state index is 11.5. The topological polar surface area (TPSA) is 71.3 Å². The van der Waals surface area contributed by atoms with Gasteiger partial charge < -0.3 is 14.8 Å². The minimum absolute atomic E-state index is 0.284. The Hall–Kier alpha value is -2.22. The summed E-state index contributed by atoms with van der Waals surface area (Å²) in [7, 11) is 1.38. The van der Waals surface area contributed by atoms with E-state index >= 15 is 0 Å². The number of nitrogens with zero attached hydrogens (tertiary/aromatic N) is 1. The molecule has 1 N–H and O–H groups in total. The molecule has 1 aromatic carbocycles. The molecule has 5 nitrogen and oxygen atoms in total. The molecule has 0 saturated carbocycles. The minimum atomic E-state index is -0.367. The van der Waals surface area contributed by atoms with Gasteiger partial charge in [-0.2, -0.15) is 5.26 Å². The van der Waals surface area contributed by atoms with Crippen molar-refractivity contribution in [3.05, 3.63) is 24.3 Å². The summed E-state index contributed by atoms with van der Waals surface area (Å²) in [5.41, 5.74) is 0.806. The zero-order valence-corrected chi connectivity index (χ0v) is 11.9. The van der Waals surface area contributed by atoms with Gasteiger partial charge in [-0.05, 0) is 25.0 Å². The molecule has 20 heavy (non-hydrogen) atoms. The first-order valence-corrected chi connectivity index (χ1v) is 6.65. The Bertz CT molecular complexity index is 468. The molecule has 1 atom stereocenters. The van der Waals surface area contributed by atoms with Gasteiger partial charge in [-0.15, -0.1) is 0 Å². The van der Waals surface area contributed by atoms with Gasteiger partial charge >= 0.3 is 5.97 Å². The third-order valence-electron chi connectivity index (χ3n) is 2.77. The number of methoxy groups -OCH3 is 1. The first-order valence-electron chi connectivity index (χ1n) is 6.65. The SMILES string of the molecule is CCC(Nc1cccc(OCCCC#N)c1)C(=O)OC. The Morgan fingerprint density at radius 2 is 2.30 bits per heavy atom. The van der Waals surface area contributed by atoms with Crippen LogP contribution in [-0.2, 0) is 9.53 Å². The highest BCUT2D eigenvalue weighted by molar-refractivity contribution is 5.79. The number of nitrogens with one attached hydrogen (secondary N) is 1. The summed E-state index contributed by atoms with van der Waals surface area (Å²) in [6.07, 6.45) is 1.83. The fourth-order valence-electron chi connectivity index (χ4n) is 1.69. The molecule has 0 aliphatic rings. The summed E-state index contributed by atoms with van der Waals surface area (Å²) in [5, 5.41) is 11.6. The lowest BCUT2D eigenvalue weighted by Crippen LogP contribution is -2.29. The van der Waals surface area contributed by atoms with E-state index in [-0.39, 0.29) is 12.0 Å². The van der Waals surface area contributed by atoms with Gasteiger partial charge in [0.05, 0.1) is 19.8 Å². The van der Waals surface area contributed by atoms with Gasteiger partial charge in [0.1, 0.15) is 11.8 Å². The number of ether oxygens (including phenoxy) is 2. The molecule has 0 fully saturated rings. The molecule has 108 valence electrons. The summed E-state index contributed by atoms with van der Waals surface area (Å²) >= 11 is 0. The Morgan fingerprint density at radius 1 is 1.50 bits per heavy atom. The molecule has 1 rings (SSSR count). The predicted molar refractivity (Wildman–Crippen MR) is 76.5 cm³/mol. The highest BCUT2D eigenvalue weighted by Crippen LogP contribution is 2.19. The second-order valence-corrected chi connectivity index (χ2v) is 4.27. The van der Waals surface area contributed by atoms with Gasteiger partial charge in [0.15, 0.2) is 0 Å². The maximum Gasteiger partial charge on any atom is 0.328 e. The van der Waals surface area contributed by atoms with E-state index in [0.29, 0.717) is 31.6 Å². The molecule has 0 aromatic heterocycles. The Labute approximate surface area is 119 Å². The van der Waals surface area contributed by atoms with Gasteiger partial charge in [0.2, 0.25) is 0 Å². The van der Waals surface area contributed by atoms with E-state index in [1.54, 1.807) is 0 Å². The van der Waals surface area contributed by atoms with E-state index in [1.165, 1.54) is 7.11 Å². The van der Waals surface area contributed by atoms with Crippen LogP contribution in [0.25, 0.3) is 0 Å². The van der Waals surface area contributed by atoms with Crippen molar-refractivity contribution in [3.63, 3.8) is 0 Å². The van der Waals surface area contributed by atoms with E-state index < -0.39 is 0 Å². The number of carbonyl (C=O) groups excluding carboxylic acids is 1. The van der Waals surface area contributed by atoms with Crippen molar-refractivity contribution in [2.45, 2.75) is 32.2 Å². The molecule has 0 saturated heterocycles. The van der Waals surface area contributed by atoms with Gasteiger partial charge in [-0.3, -0.25) is 0 Å². The number of unbranched alkanes of at least 4 members (excludes halogenated alkanes) is 1. The van der Waals surface area contributed by atoms with Gasteiger partial charge in [-0.1, -0.05) is 13.0 Å². The smallest absolute Gasteiger partial charge is 0.328 e. The van der Waals surface area contributed by atoms with Gasteiger partial charge in [0.25, 0.3) is 0 Å². The number of esters is 1. The van der Waals surface area contributed by atoms with Crippen molar-refractivity contribution < 1.29 is 14.3 Å². The number of rotatable bonds is 8. The Balaban J connectivity index is 2.58. The monoisotopic (exact) mass is 276 g/mol. The van der Waals surface area contributed by atoms with E-state index in [2.05, 4.69) is 11.4 Å². The van der Waals surface area contributed by atoms with E-state index in [0.717, 1.165) is 5.69 Å². The van der Waals surface area contributed by atoms with Gasteiger partial charge in [-0.25, -0.2) is 4.79 Å². The van der Waals surface area contributed by atoms with Crippen LogP contribution in [-0.4, -0.2) is 25.7 Å². The normalized spacial score (nSPS) is 11.2. The van der Waals surface area contributed by atoms with Crippen LogP contribution in [0, 0.1) is 11.3 Å². The standard InChI is InChI=1S/C15H20N2O3/c1-3-14(15(18)19-2)17-12-7-6-8-13(11-12)20-10-5-4-9-16/h6-8,11,14,17H,3-5,10H2,1-2H3. The molecule has 0 heterocycles. The van der Waals surface area contributed by atoms with Crippen molar-refractivity contribution in [3.8, 4) is 11.8 Å². The summed E-state index contributed by atoms with van der Waals surface area (Å²) in [6, 6.07) is 9.10. The minimum Gasteiger partial charge on any atom is -0.493 e. The van der Waals surface area contributed by atoms with E-state index in [4.69, 9.17) is 14.7 Å². The van der Waals surface area contributed by atoms with Crippen LogP contribution in [0.5, 0.6) is 5.75 Å². The number of benzene rings is 1. The largest absolute Gasteiger partial charge is 0.493 e. The van der Waals surface area contributed by atoms with Crippen LogP contribution in [0.2, 0.25) is 0 Å². The highest BCUT2D eigenvalue weighted by atomic mass is 16.5. The maximum atomic E-state index is 11.5. The van der Waals surface area contributed by atoms with E-state index in [1.807, 2.05) is 31.2 Å². The van der Waals surface area contributed by atoms with Crippen molar-refractivity contribution in [2.24, 2.45) is 0 Å². The summed E-state index contributed by atoms with van der Waals surface area (Å²) in [6.45, 7) is 2.42. The third-order valence-corrected chi connectivity index (χ3v) is 2.77.